The van der Waals surface area contributed by atoms with Gasteiger partial charge in [0, 0.05) is 27.8 Å². The highest BCUT2D eigenvalue weighted by molar-refractivity contribution is 7.99. The minimum absolute atomic E-state index is 0.0547. The Morgan fingerprint density at radius 2 is 1.73 bits per heavy atom. The SMILES string of the molecule is O=C(Nc1cc2c(cc1Sc1ccccc1)OCCO2)C1CCNCC1. The van der Waals surface area contributed by atoms with E-state index in [9.17, 15) is 4.79 Å². The Labute approximate surface area is 157 Å². The van der Waals surface area contributed by atoms with Gasteiger partial charge in [-0.2, -0.15) is 0 Å². The van der Waals surface area contributed by atoms with Gasteiger partial charge in [-0.1, -0.05) is 30.0 Å². The third-order valence-corrected chi connectivity index (χ3v) is 5.65. The molecule has 0 atom stereocenters. The average molecular weight is 370 g/mol. The molecule has 2 aliphatic heterocycles. The van der Waals surface area contributed by atoms with Crippen molar-refractivity contribution in [3.8, 4) is 11.5 Å². The van der Waals surface area contributed by atoms with E-state index >= 15 is 0 Å². The molecule has 4 rings (SSSR count). The van der Waals surface area contributed by atoms with Crippen molar-refractivity contribution >= 4 is 23.4 Å². The van der Waals surface area contributed by atoms with Crippen LogP contribution in [0.1, 0.15) is 12.8 Å². The topological polar surface area (TPSA) is 59.6 Å². The molecule has 6 heteroatoms. The zero-order chi connectivity index (χ0) is 17.8. The van der Waals surface area contributed by atoms with Gasteiger partial charge in [0.25, 0.3) is 0 Å². The summed E-state index contributed by atoms with van der Waals surface area (Å²) in [4.78, 5) is 14.8. The summed E-state index contributed by atoms with van der Waals surface area (Å²) in [5, 5.41) is 6.43. The monoisotopic (exact) mass is 370 g/mol. The summed E-state index contributed by atoms with van der Waals surface area (Å²) >= 11 is 1.61. The highest BCUT2D eigenvalue weighted by Gasteiger charge is 2.23. The zero-order valence-corrected chi connectivity index (χ0v) is 15.3. The van der Waals surface area contributed by atoms with Crippen molar-refractivity contribution in [1.29, 1.82) is 0 Å². The predicted molar refractivity (Wildman–Crippen MR) is 102 cm³/mol. The molecule has 0 radical (unpaired) electrons. The Kier molecular flexibility index (Phi) is 5.32. The van der Waals surface area contributed by atoms with Gasteiger partial charge in [0.2, 0.25) is 5.91 Å². The molecule has 1 fully saturated rings. The number of benzene rings is 2. The molecule has 0 spiro atoms. The lowest BCUT2D eigenvalue weighted by atomic mass is 9.97. The van der Waals surface area contributed by atoms with E-state index in [1.165, 1.54) is 0 Å². The Hall–Kier alpha value is -2.18. The van der Waals surface area contributed by atoms with E-state index < -0.39 is 0 Å². The highest BCUT2D eigenvalue weighted by atomic mass is 32.2. The normalized spacial score (nSPS) is 16.9. The van der Waals surface area contributed by atoms with E-state index in [4.69, 9.17) is 9.47 Å². The smallest absolute Gasteiger partial charge is 0.227 e. The van der Waals surface area contributed by atoms with Crippen LogP contribution in [0.2, 0.25) is 0 Å². The fourth-order valence-electron chi connectivity index (χ4n) is 3.19. The summed E-state index contributed by atoms with van der Waals surface area (Å²) in [6, 6.07) is 14.0. The summed E-state index contributed by atoms with van der Waals surface area (Å²) < 4.78 is 11.4. The van der Waals surface area contributed by atoms with Crippen molar-refractivity contribution in [3.63, 3.8) is 0 Å². The Bertz CT molecular complexity index is 776. The van der Waals surface area contributed by atoms with Crippen LogP contribution < -0.4 is 20.1 Å². The van der Waals surface area contributed by atoms with Gasteiger partial charge in [0.15, 0.2) is 11.5 Å². The molecule has 1 amide bonds. The van der Waals surface area contributed by atoms with E-state index in [1.54, 1.807) is 11.8 Å². The molecule has 0 unspecified atom stereocenters. The molecule has 26 heavy (non-hydrogen) atoms. The van der Waals surface area contributed by atoms with Gasteiger partial charge in [-0.25, -0.2) is 0 Å². The lowest BCUT2D eigenvalue weighted by Crippen LogP contribution is -2.34. The van der Waals surface area contributed by atoms with Gasteiger partial charge in [-0.05, 0) is 38.1 Å². The van der Waals surface area contributed by atoms with Crippen molar-refractivity contribution in [1.82, 2.24) is 5.32 Å². The summed E-state index contributed by atoms with van der Waals surface area (Å²) in [5.41, 5.74) is 0.784. The lowest BCUT2D eigenvalue weighted by Gasteiger charge is -2.24. The number of hydrogen-bond acceptors (Lipinski definition) is 5. The largest absolute Gasteiger partial charge is 0.486 e. The number of amides is 1. The van der Waals surface area contributed by atoms with Gasteiger partial charge in [0.1, 0.15) is 13.2 Å². The Balaban J connectivity index is 1.61. The first-order chi connectivity index (χ1) is 12.8. The van der Waals surface area contributed by atoms with Gasteiger partial charge in [0.05, 0.1) is 5.69 Å². The van der Waals surface area contributed by atoms with Crippen LogP contribution in [0.15, 0.2) is 52.3 Å². The second-order valence-corrected chi connectivity index (χ2v) is 7.54. The molecule has 2 heterocycles. The number of carbonyl (C=O) groups is 1. The van der Waals surface area contributed by atoms with Crippen LogP contribution >= 0.6 is 11.8 Å². The first-order valence-corrected chi connectivity index (χ1v) is 9.79. The van der Waals surface area contributed by atoms with E-state index in [1.807, 2.05) is 30.3 Å². The third-order valence-electron chi connectivity index (χ3n) is 4.58. The molecule has 136 valence electrons. The van der Waals surface area contributed by atoms with Crippen LogP contribution in [-0.2, 0) is 4.79 Å². The van der Waals surface area contributed by atoms with Crippen molar-refractivity contribution in [2.75, 3.05) is 31.6 Å². The van der Waals surface area contributed by atoms with E-state index in [0.717, 1.165) is 47.2 Å². The molecule has 2 aromatic carbocycles. The molecule has 0 bridgehead atoms. The predicted octanol–water partition coefficient (Wildman–Crippen LogP) is 3.55. The molecule has 0 aliphatic carbocycles. The molecule has 2 N–H and O–H groups in total. The van der Waals surface area contributed by atoms with Crippen molar-refractivity contribution in [3.05, 3.63) is 42.5 Å². The minimum atomic E-state index is 0.0547. The number of piperidine rings is 1. The van der Waals surface area contributed by atoms with Crippen molar-refractivity contribution in [2.45, 2.75) is 22.6 Å². The van der Waals surface area contributed by atoms with E-state index in [2.05, 4.69) is 22.8 Å². The third kappa shape index (κ3) is 3.97. The molecule has 0 saturated carbocycles. The summed E-state index contributed by atoms with van der Waals surface area (Å²) in [5.74, 6) is 1.56. The maximum atomic E-state index is 12.7. The first-order valence-electron chi connectivity index (χ1n) is 8.98. The zero-order valence-electron chi connectivity index (χ0n) is 14.5. The van der Waals surface area contributed by atoms with Gasteiger partial charge in [-0.15, -0.1) is 0 Å². The molecule has 5 nitrogen and oxygen atoms in total. The van der Waals surface area contributed by atoms with Crippen LogP contribution in [0.5, 0.6) is 11.5 Å². The van der Waals surface area contributed by atoms with Crippen molar-refractivity contribution in [2.24, 2.45) is 5.92 Å². The van der Waals surface area contributed by atoms with Crippen LogP contribution in [0, 0.1) is 5.92 Å². The lowest BCUT2D eigenvalue weighted by molar-refractivity contribution is -0.120. The molecule has 2 aromatic rings. The number of anilines is 1. The highest BCUT2D eigenvalue weighted by Crippen LogP contribution is 2.42. The van der Waals surface area contributed by atoms with Gasteiger partial charge < -0.3 is 20.1 Å². The first kappa shape index (κ1) is 17.2. The minimum Gasteiger partial charge on any atom is -0.486 e. The molecule has 2 aliphatic rings. The standard InChI is InChI=1S/C20H22N2O3S/c23-20(14-6-8-21-9-7-14)22-16-12-17-18(25-11-10-24-17)13-19(16)26-15-4-2-1-3-5-15/h1-5,12-14,21H,6-11H2,(H,22,23). The Morgan fingerprint density at radius 1 is 1.04 bits per heavy atom. The number of fused-ring (bicyclic) bond motifs is 1. The second kappa shape index (κ2) is 8.01. The number of nitrogens with one attached hydrogen (secondary N) is 2. The van der Waals surface area contributed by atoms with Crippen LogP contribution in [0.3, 0.4) is 0 Å². The second-order valence-electron chi connectivity index (χ2n) is 6.42. The average Bonchev–Trinajstić information content (AvgIpc) is 2.70. The van der Waals surface area contributed by atoms with E-state index in [-0.39, 0.29) is 11.8 Å². The van der Waals surface area contributed by atoms with E-state index in [0.29, 0.717) is 19.0 Å². The molecular weight excluding hydrogens is 348 g/mol. The van der Waals surface area contributed by atoms with Crippen molar-refractivity contribution < 1.29 is 14.3 Å². The van der Waals surface area contributed by atoms with Gasteiger partial charge >= 0.3 is 0 Å². The molecule has 1 saturated heterocycles. The Morgan fingerprint density at radius 3 is 2.46 bits per heavy atom. The molecule has 0 aromatic heterocycles. The number of hydrogen-bond donors (Lipinski definition) is 2. The summed E-state index contributed by atoms with van der Waals surface area (Å²) in [6.07, 6.45) is 1.75. The maximum Gasteiger partial charge on any atom is 0.227 e. The van der Waals surface area contributed by atoms with Crippen LogP contribution in [0.25, 0.3) is 0 Å². The maximum absolute atomic E-state index is 12.7. The number of ether oxygens (including phenoxy) is 2. The molecular formula is C20H22N2O3S. The summed E-state index contributed by atoms with van der Waals surface area (Å²) in [7, 11) is 0. The van der Waals surface area contributed by atoms with Gasteiger partial charge in [-0.3, -0.25) is 4.79 Å². The quantitative estimate of drug-likeness (QED) is 0.862. The fraction of sp³-hybridized carbons (Fsp3) is 0.350. The van der Waals surface area contributed by atoms with Crippen LogP contribution in [0.4, 0.5) is 5.69 Å². The fourth-order valence-corrected chi connectivity index (χ4v) is 4.12. The van der Waals surface area contributed by atoms with Crippen LogP contribution in [-0.4, -0.2) is 32.2 Å². The number of carbonyl (C=O) groups excluding carboxylic acids is 1. The number of rotatable bonds is 4. The summed E-state index contributed by atoms with van der Waals surface area (Å²) in [6.45, 7) is 2.86.